The van der Waals surface area contributed by atoms with Crippen LogP contribution in [0.5, 0.6) is 0 Å². The summed E-state index contributed by atoms with van der Waals surface area (Å²) in [6.45, 7) is 12.8. The van der Waals surface area contributed by atoms with Gasteiger partial charge >= 0.3 is 0 Å². The monoisotopic (exact) mass is 292 g/mol. The van der Waals surface area contributed by atoms with Crippen molar-refractivity contribution in [2.75, 3.05) is 0 Å². The summed E-state index contributed by atoms with van der Waals surface area (Å²) in [6, 6.07) is 21.9. The predicted molar refractivity (Wildman–Crippen MR) is 97.1 cm³/mol. The van der Waals surface area contributed by atoms with Gasteiger partial charge in [-0.15, -0.1) is 13.2 Å². The van der Waals surface area contributed by atoms with Gasteiger partial charge in [-0.1, -0.05) is 97.0 Å². The fourth-order valence-corrected chi connectivity index (χ4v) is 8.93. The number of allylic oxidation sites excluding steroid dienone is 2. The lowest BCUT2D eigenvalue weighted by atomic mass is 10.3. The molecule has 21 heavy (non-hydrogen) atoms. The largest absolute Gasteiger partial charge is 0.130 e. The fourth-order valence-electron chi connectivity index (χ4n) is 3.43. The summed E-state index contributed by atoms with van der Waals surface area (Å²) < 4.78 is 0. The first kappa shape index (κ1) is 15.5. The molecular weight excluding hydrogens is 268 g/mol. The summed E-state index contributed by atoms with van der Waals surface area (Å²) >= 11 is 0. The topological polar surface area (TPSA) is 0 Å². The van der Waals surface area contributed by atoms with Gasteiger partial charge in [-0.2, -0.15) is 0 Å². The Morgan fingerprint density at radius 1 is 0.714 bits per heavy atom. The van der Waals surface area contributed by atoms with E-state index in [0.717, 1.165) is 0 Å². The van der Waals surface area contributed by atoms with E-state index in [2.05, 4.69) is 99.8 Å². The van der Waals surface area contributed by atoms with Crippen molar-refractivity contribution >= 4 is 18.4 Å². The molecule has 0 saturated heterocycles. The van der Waals surface area contributed by atoms with E-state index in [9.17, 15) is 0 Å². The molecule has 1 heteroatoms. The molecule has 0 radical (unpaired) electrons. The van der Waals surface area contributed by atoms with Crippen molar-refractivity contribution in [1.82, 2.24) is 0 Å². The average molecular weight is 292 g/mol. The molecule has 2 aromatic carbocycles. The van der Waals surface area contributed by atoms with Gasteiger partial charge in [-0.3, -0.25) is 0 Å². The third-order valence-corrected chi connectivity index (χ3v) is 10.6. The zero-order chi connectivity index (χ0) is 15.3. The maximum Gasteiger partial charge on any atom is 0.130 e. The predicted octanol–water partition coefficient (Wildman–Crippen LogP) is 4.40. The van der Waals surface area contributed by atoms with Crippen LogP contribution in [0.25, 0.3) is 0 Å². The minimum Gasteiger partial charge on any atom is -0.103 e. The molecule has 2 unspecified atom stereocenters. The molecule has 2 rings (SSSR count). The van der Waals surface area contributed by atoms with Crippen molar-refractivity contribution in [2.24, 2.45) is 0 Å². The summed E-state index contributed by atoms with van der Waals surface area (Å²) in [5, 5.41) is 2.91. The molecule has 0 aromatic heterocycles. The number of rotatable bonds is 6. The summed E-state index contributed by atoms with van der Waals surface area (Å²) in [5.74, 6) is 0. The van der Waals surface area contributed by atoms with Crippen molar-refractivity contribution < 1.29 is 0 Å². The van der Waals surface area contributed by atoms with Crippen molar-refractivity contribution in [2.45, 2.75) is 24.9 Å². The van der Waals surface area contributed by atoms with E-state index >= 15 is 0 Å². The van der Waals surface area contributed by atoms with E-state index in [1.807, 2.05) is 0 Å². The Labute approximate surface area is 129 Å². The molecule has 0 spiro atoms. The highest BCUT2D eigenvalue weighted by molar-refractivity contribution is 7.04. The molecule has 0 aliphatic heterocycles. The van der Waals surface area contributed by atoms with Gasteiger partial charge in [-0.05, 0) is 11.1 Å². The standard InChI is InChI=1S/C20H24Si/c1-5-17(3)21(18(4)6-2,19-13-9-7-10-14-19)20-15-11-8-12-16-20/h5-18H,1-2H2,3-4H3. The van der Waals surface area contributed by atoms with E-state index in [1.165, 1.54) is 10.4 Å². The van der Waals surface area contributed by atoms with Gasteiger partial charge in [0.1, 0.15) is 8.07 Å². The second-order valence-corrected chi connectivity index (χ2v) is 10.4. The van der Waals surface area contributed by atoms with Crippen LogP contribution in [-0.2, 0) is 0 Å². The second-order valence-electron chi connectivity index (χ2n) is 5.65. The minimum absolute atomic E-state index is 0.440. The Morgan fingerprint density at radius 3 is 1.33 bits per heavy atom. The first-order chi connectivity index (χ1) is 10.2. The molecule has 108 valence electrons. The first-order valence-corrected chi connectivity index (χ1v) is 9.69. The molecule has 0 N–H and O–H groups in total. The lowest BCUT2D eigenvalue weighted by molar-refractivity contribution is 1.05. The smallest absolute Gasteiger partial charge is 0.103 e. The average Bonchev–Trinajstić information content (AvgIpc) is 2.57. The maximum atomic E-state index is 4.09. The van der Waals surface area contributed by atoms with Crippen molar-refractivity contribution in [1.29, 1.82) is 0 Å². The first-order valence-electron chi connectivity index (χ1n) is 7.54. The molecule has 0 aliphatic rings. The Morgan fingerprint density at radius 2 is 1.05 bits per heavy atom. The van der Waals surface area contributed by atoms with Crippen LogP contribution in [0.2, 0.25) is 11.1 Å². The van der Waals surface area contributed by atoms with E-state index < -0.39 is 8.07 Å². The van der Waals surface area contributed by atoms with Gasteiger partial charge in [0.15, 0.2) is 0 Å². The molecule has 0 nitrogen and oxygen atoms in total. The van der Waals surface area contributed by atoms with Crippen molar-refractivity contribution in [3.05, 3.63) is 86.0 Å². The van der Waals surface area contributed by atoms with Gasteiger partial charge in [0.05, 0.1) is 0 Å². The molecule has 0 heterocycles. The van der Waals surface area contributed by atoms with Crippen molar-refractivity contribution in [3.8, 4) is 0 Å². The number of hydrogen-bond acceptors (Lipinski definition) is 0. The quantitative estimate of drug-likeness (QED) is 0.547. The Hall–Kier alpha value is -1.86. The molecule has 2 atom stereocenters. The summed E-state index contributed by atoms with van der Waals surface area (Å²) in [7, 11) is -1.99. The van der Waals surface area contributed by atoms with Gasteiger partial charge in [0.25, 0.3) is 0 Å². The van der Waals surface area contributed by atoms with Gasteiger partial charge < -0.3 is 0 Å². The molecule has 0 fully saturated rings. The van der Waals surface area contributed by atoms with Crippen LogP contribution in [-0.4, -0.2) is 8.07 Å². The van der Waals surface area contributed by atoms with Crippen LogP contribution >= 0.6 is 0 Å². The van der Waals surface area contributed by atoms with Crippen LogP contribution in [0.4, 0.5) is 0 Å². The molecule has 0 amide bonds. The highest BCUT2D eigenvalue weighted by atomic mass is 28.3. The highest BCUT2D eigenvalue weighted by Crippen LogP contribution is 2.34. The Balaban J connectivity index is 2.78. The normalized spacial score (nSPS) is 14.2. The molecule has 0 aliphatic carbocycles. The molecule has 0 bridgehead atoms. The van der Waals surface area contributed by atoms with E-state index in [1.54, 1.807) is 0 Å². The van der Waals surface area contributed by atoms with Crippen LogP contribution in [0.3, 0.4) is 0 Å². The zero-order valence-corrected chi connectivity index (χ0v) is 14.0. The van der Waals surface area contributed by atoms with E-state index in [4.69, 9.17) is 0 Å². The third kappa shape index (κ3) is 2.66. The summed E-state index contributed by atoms with van der Waals surface area (Å²) in [4.78, 5) is 0. The lowest BCUT2D eigenvalue weighted by Gasteiger charge is -2.41. The van der Waals surface area contributed by atoms with Crippen LogP contribution in [0.15, 0.2) is 86.0 Å². The highest BCUT2D eigenvalue weighted by Gasteiger charge is 2.44. The van der Waals surface area contributed by atoms with Gasteiger partial charge in [0.2, 0.25) is 0 Å². The van der Waals surface area contributed by atoms with Crippen LogP contribution < -0.4 is 10.4 Å². The molecule has 0 saturated carbocycles. The summed E-state index contributed by atoms with van der Waals surface area (Å²) in [6.07, 6.45) is 4.23. The van der Waals surface area contributed by atoms with Gasteiger partial charge in [0, 0.05) is 0 Å². The van der Waals surface area contributed by atoms with Gasteiger partial charge in [-0.25, -0.2) is 0 Å². The fraction of sp³-hybridized carbons (Fsp3) is 0.200. The SMILES string of the molecule is C=CC(C)[Si](c1ccccc1)(c1ccccc1)C(C)C=C. The maximum absolute atomic E-state index is 4.09. The zero-order valence-electron chi connectivity index (χ0n) is 13.0. The van der Waals surface area contributed by atoms with Crippen molar-refractivity contribution in [3.63, 3.8) is 0 Å². The Kier molecular flexibility index (Phi) is 4.97. The molecular formula is C20H24Si. The summed E-state index contributed by atoms with van der Waals surface area (Å²) in [5.41, 5.74) is 0.880. The molecule has 2 aromatic rings. The van der Waals surface area contributed by atoms with E-state index in [-0.39, 0.29) is 0 Å². The van der Waals surface area contributed by atoms with Crippen LogP contribution in [0.1, 0.15) is 13.8 Å². The third-order valence-electron chi connectivity index (χ3n) is 4.65. The number of benzene rings is 2. The lowest BCUT2D eigenvalue weighted by Crippen LogP contribution is -2.63. The minimum atomic E-state index is -1.99. The number of hydrogen-bond donors (Lipinski definition) is 0. The van der Waals surface area contributed by atoms with Crippen LogP contribution in [0, 0.1) is 0 Å². The van der Waals surface area contributed by atoms with E-state index in [0.29, 0.717) is 11.1 Å². The Bertz CT molecular complexity index is 530. The second kappa shape index (κ2) is 6.73.